The predicted molar refractivity (Wildman–Crippen MR) is 81.6 cm³/mol. The van der Waals surface area contributed by atoms with Crippen molar-refractivity contribution in [1.29, 1.82) is 0 Å². The van der Waals surface area contributed by atoms with E-state index in [0.29, 0.717) is 5.69 Å². The molecule has 0 bridgehead atoms. The number of esters is 1. The van der Waals surface area contributed by atoms with Crippen molar-refractivity contribution in [3.63, 3.8) is 0 Å². The molecule has 0 aliphatic rings. The van der Waals surface area contributed by atoms with E-state index in [1.54, 1.807) is 15.8 Å². The largest absolute Gasteiger partial charge is 0.469 e. The Morgan fingerprint density at radius 1 is 1.33 bits per heavy atom. The van der Waals surface area contributed by atoms with Crippen molar-refractivity contribution in [3.8, 4) is 0 Å². The molecule has 0 aliphatic carbocycles. The molecule has 0 atom stereocenters. The molecular formula is C15H16N2O3S. The molecule has 0 spiro atoms. The zero-order chi connectivity index (χ0) is 15.2. The SMILES string of the molecule is COC(=O)CCN(C(=O)c1cscn1)c1ccccc1C. The lowest BCUT2D eigenvalue weighted by Gasteiger charge is -2.23. The normalized spacial score (nSPS) is 10.2. The highest BCUT2D eigenvalue weighted by Gasteiger charge is 2.21. The van der Waals surface area contributed by atoms with Gasteiger partial charge in [0.25, 0.3) is 5.91 Å². The van der Waals surface area contributed by atoms with Crippen molar-refractivity contribution in [2.45, 2.75) is 13.3 Å². The van der Waals surface area contributed by atoms with Gasteiger partial charge in [-0.15, -0.1) is 11.3 Å². The molecular weight excluding hydrogens is 288 g/mol. The van der Waals surface area contributed by atoms with Crippen molar-refractivity contribution in [3.05, 3.63) is 46.4 Å². The number of aryl methyl sites for hydroxylation is 1. The van der Waals surface area contributed by atoms with Crippen LogP contribution >= 0.6 is 11.3 Å². The van der Waals surface area contributed by atoms with E-state index in [4.69, 9.17) is 0 Å². The first-order valence-corrected chi connectivity index (χ1v) is 7.40. The monoisotopic (exact) mass is 304 g/mol. The maximum atomic E-state index is 12.6. The second-order valence-electron chi connectivity index (χ2n) is 4.44. The number of carbonyl (C=O) groups excluding carboxylic acids is 2. The molecule has 110 valence electrons. The minimum atomic E-state index is -0.348. The fourth-order valence-electron chi connectivity index (χ4n) is 1.96. The van der Waals surface area contributed by atoms with Gasteiger partial charge >= 0.3 is 5.97 Å². The van der Waals surface area contributed by atoms with Crippen molar-refractivity contribution in [2.75, 3.05) is 18.6 Å². The summed E-state index contributed by atoms with van der Waals surface area (Å²) >= 11 is 1.36. The van der Waals surface area contributed by atoms with Crippen molar-refractivity contribution in [2.24, 2.45) is 0 Å². The molecule has 1 heterocycles. The van der Waals surface area contributed by atoms with E-state index in [2.05, 4.69) is 9.72 Å². The van der Waals surface area contributed by atoms with Gasteiger partial charge in [-0.05, 0) is 18.6 Å². The molecule has 0 unspecified atom stereocenters. The van der Waals surface area contributed by atoms with Crippen LogP contribution in [0.15, 0.2) is 35.2 Å². The number of carbonyl (C=O) groups is 2. The third-order valence-electron chi connectivity index (χ3n) is 3.07. The molecule has 0 saturated carbocycles. The summed E-state index contributed by atoms with van der Waals surface area (Å²) in [6.45, 7) is 2.18. The van der Waals surface area contributed by atoms with Crippen LogP contribution in [0.4, 0.5) is 5.69 Å². The van der Waals surface area contributed by atoms with Crippen molar-refractivity contribution in [1.82, 2.24) is 4.98 Å². The number of methoxy groups -OCH3 is 1. The standard InChI is InChI=1S/C15H16N2O3S/c1-11-5-3-4-6-13(11)17(8-7-14(18)20-2)15(19)12-9-21-10-16-12/h3-6,9-10H,7-8H2,1-2H3. The third-order valence-corrected chi connectivity index (χ3v) is 3.66. The van der Waals surface area contributed by atoms with Crippen molar-refractivity contribution < 1.29 is 14.3 Å². The second kappa shape index (κ2) is 6.99. The molecule has 1 aromatic heterocycles. The topological polar surface area (TPSA) is 59.5 Å². The first kappa shape index (κ1) is 15.2. The highest BCUT2D eigenvalue weighted by molar-refractivity contribution is 7.07. The summed E-state index contributed by atoms with van der Waals surface area (Å²) in [5.41, 5.74) is 3.74. The number of para-hydroxylation sites is 1. The van der Waals surface area contributed by atoms with Gasteiger partial charge in [-0.1, -0.05) is 18.2 Å². The van der Waals surface area contributed by atoms with E-state index in [1.807, 2.05) is 31.2 Å². The molecule has 21 heavy (non-hydrogen) atoms. The minimum Gasteiger partial charge on any atom is -0.469 e. The summed E-state index contributed by atoms with van der Waals surface area (Å²) in [4.78, 5) is 29.6. The Morgan fingerprint density at radius 3 is 2.71 bits per heavy atom. The Kier molecular flexibility index (Phi) is 5.05. The van der Waals surface area contributed by atoms with E-state index in [9.17, 15) is 9.59 Å². The van der Waals surface area contributed by atoms with Gasteiger partial charge < -0.3 is 9.64 Å². The molecule has 1 aromatic carbocycles. The van der Waals surface area contributed by atoms with E-state index >= 15 is 0 Å². The highest BCUT2D eigenvalue weighted by Crippen LogP contribution is 2.22. The molecule has 0 fully saturated rings. The van der Waals surface area contributed by atoms with E-state index in [1.165, 1.54) is 18.4 Å². The average molecular weight is 304 g/mol. The molecule has 0 N–H and O–H groups in total. The lowest BCUT2D eigenvalue weighted by molar-refractivity contribution is -0.140. The Bertz CT molecular complexity index is 626. The molecule has 1 amide bonds. The van der Waals surface area contributed by atoms with Crippen LogP contribution in [-0.2, 0) is 9.53 Å². The Balaban J connectivity index is 2.28. The highest BCUT2D eigenvalue weighted by atomic mass is 32.1. The fraction of sp³-hybridized carbons (Fsp3) is 0.267. The number of hydrogen-bond donors (Lipinski definition) is 0. The summed E-state index contributed by atoms with van der Waals surface area (Å²) < 4.78 is 4.65. The van der Waals surface area contributed by atoms with Crippen LogP contribution in [0.25, 0.3) is 0 Å². The number of rotatable bonds is 5. The zero-order valence-corrected chi connectivity index (χ0v) is 12.7. The van der Waals surface area contributed by atoms with Gasteiger partial charge in [0.05, 0.1) is 19.0 Å². The van der Waals surface area contributed by atoms with E-state index < -0.39 is 0 Å². The Labute approximate surface area is 127 Å². The maximum absolute atomic E-state index is 12.6. The van der Waals surface area contributed by atoms with Crippen LogP contribution in [0.1, 0.15) is 22.5 Å². The number of benzene rings is 1. The zero-order valence-electron chi connectivity index (χ0n) is 11.9. The molecule has 0 radical (unpaired) electrons. The van der Waals surface area contributed by atoms with Gasteiger partial charge in [-0.25, -0.2) is 4.98 Å². The molecule has 0 aliphatic heterocycles. The van der Waals surface area contributed by atoms with Crippen LogP contribution in [0.5, 0.6) is 0 Å². The number of aromatic nitrogens is 1. The van der Waals surface area contributed by atoms with Crippen LogP contribution in [0, 0.1) is 6.92 Å². The van der Waals surface area contributed by atoms with E-state index in [0.717, 1.165) is 11.3 Å². The molecule has 6 heteroatoms. The Hall–Kier alpha value is -2.21. The number of nitrogens with zero attached hydrogens (tertiary/aromatic N) is 2. The summed E-state index contributed by atoms with van der Waals surface area (Å²) in [7, 11) is 1.34. The smallest absolute Gasteiger partial charge is 0.307 e. The summed E-state index contributed by atoms with van der Waals surface area (Å²) in [6, 6.07) is 7.55. The molecule has 2 rings (SSSR count). The van der Waals surface area contributed by atoms with Crippen LogP contribution in [-0.4, -0.2) is 30.5 Å². The van der Waals surface area contributed by atoms with Gasteiger partial charge in [0, 0.05) is 17.6 Å². The lowest BCUT2D eigenvalue weighted by Crippen LogP contribution is -2.34. The number of thiazole rings is 1. The van der Waals surface area contributed by atoms with E-state index in [-0.39, 0.29) is 24.8 Å². The van der Waals surface area contributed by atoms with Crippen LogP contribution < -0.4 is 4.90 Å². The van der Waals surface area contributed by atoms with Gasteiger partial charge in [0.2, 0.25) is 0 Å². The van der Waals surface area contributed by atoms with Gasteiger partial charge in [-0.3, -0.25) is 9.59 Å². The Morgan fingerprint density at radius 2 is 2.10 bits per heavy atom. The summed E-state index contributed by atoms with van der Waals surface area (Å²) in [5, 5.41) is 1.70. The number of amides is 1. The molecule has 5 nitrogen and oxygen atoms in total. The minimum absolute atomic E-state index is 0.140. The lowest BCUT2D eigenvalue weighted by atomic mass is 10.1. The predicted octanol–water partition coefficient (Wildman–Crippen LogP) is 2.66. The summed E-state index contributed by atoms with van der Waals surface area (Å²) in [6.07, 6.45) is 0.140. The molecule has 0 saturated heterocycles. The number of hydrogen-bond acceptors (Lipinski definition) is 5. The van der Waals surface area contributed by atoms with Gasteiger partial charge in [-0.2, -0.15) is 0 Å². The quantitative estimate of drug-likeness (QED) is 0.797. The number of anilines is 1. The first-order valence-electron chi connectivity index (χ1n) is 6.46. The van der Waals surface area contributed by atoms with Crippen molar-refractivity contribution >= 4 is 28.9 Å². The van der Waals surface area contributed by atoms with Gasteiger partial charge in [0.15, 0.2) is 0 Å². The average Bonchev–Trinajstić information content (AvgIpc) is 3.02. The maximum Gasteiger partial charge on any atom is 0.307 e. The van der Waals surface area contributed by atoms with Gasteiger partial charge in [0.1, 0.15) is 5.69 Å². The molecule has 2 aromatic rings. The fourth-order valence-corrected chi connectivity index (χ4v) is 2.49. The van der Waals surface area contributed by atoms with Crippen LogP contribution in [0.3, 0.4) is 0 Å². The van der Waals surface area contributed by atoms with Crippen LogP contribution in [0.2, 0.25) is 0 Å². The second-order valence-corrected chi connectivity index (χ2v) is 5.16. The number of ether oxygens (including phenoxy) is 1. The third kappa shape index (κ3) is 3.66. The summed E-state index contributed by atoms with van der Waals surface area (Å²) in [5.74, 6) is -0.561. The first-order chi connectivity index (χ1) is 10.1.